The fraction of sp³-hybridized carbons (Fsp3) is 0.286. The molecule has 0 atom stereocenters. The van der Waals surface area contributed by atoms with Crippen LogP contribution in [0.5, 0.6) is 11.5 Å². The molecule has 1 aromatic carbocycles. The molecule has 0 saturated carbocycles. The van der Waals surface area contributed by atoms with Crippen LogP contribution in [-0.2, 0) is 14.8 Å². The summed E-state index contributed by atoms with van der Waals surface area (Å²) in [7, 11) is -2.17. The lowest BCUT2D eigenvalue weighted by Crippen LogP contribution is -2.27. The summed E-state index contributed by atoms with van der Waals surface area (Å²) >= 11 is 0.874. The molecule has 1 amide bonds. The molecular formula is C14H17N3O5S2. The monoisotopic (exact) mass is 371 g/mol. The van der Waals surface area contributed by atoms with Gasteiger partial charge in [-0.1, -0.05) is 23.5 Å². The lowest BCUT2D eigenvalue weighted by molar-refractivity contribution is -0.114. The van der Waals surface area contributed by atoms with Gasteiger partial charge < -0.3 is 14.8 Å². The molecule has 8 nitrogen and oxygen atoms in total. The van der Waals surface area contributed by atoms with E-state index >= 15 is 0 Å². The molecule has 0 bridgehead atoms. The number of hydrogen-bond acceptors (Lipinski definition) is 7. The molecule has 130 valence electrons. The Morgan fingerprint density at radius 3 is 2.67 bits per heavy atom. The number of nitrogens with zero attached hydrogens (tertiary/aromatic N) is 1. The maximum atomic E-state index is 12.1. The van der Waals surface area contributed by atoms with Crippen molar-refractivity contribution in [1.29, 1.82) is 0 Å². The molecule has 0 spiro atoms. The van der Waals surface area contributed by atoms with Gasteiger partial charge in [-0.2, -0.15) is 0 Å². The van der Waals surface area contributed by atoms with Crippen LogP contribution in [0.4, 0.5) is 5.13 Å². The lowest BCUT2D eigenvalue weighted by Gasteiger charge is -2.10. The number of aromatic nitrogens is 1. The van der Waals surface area contributed by atoms with Gasteiger partial charge in [0.15, 0.2) is 20.8 Å². The van der Waals surface area contributed by atoms with Gasteiger partial charge in [-0.15, -0.1) is 0 Å². The van der Waals surface area contributed by atoms with Gasteiger partial charge in [-0.05, 0) is 12.1 Å². The molecule has 0 radical (unpaired) electrons. The molecule has 2 aromatic rings. The molecule has 0 unspecified atom stereocenters. The number of nitrogens with one attached hydrogen (secondary N) is 2. The summed E-state index contributed by atoms with van der Waals surface area (Å²) in [6.07, 6.45) is 1.19. The van der Waals surface area contributed by atoms with Crippen molar-refractivity contribution in [3.8, 4) is 11.5 Å². The zero-order valence-corrected chi connectivity index (χ0v) is 14.7. The van der Waals surface area contributed by atoms with E-state index in [0.717, 1.165) is 11.3 Å². The second kappa shape index (κ2) is 8.08. The molecule has 1 heterocycles. The largest absolute Gasteiger partial charge is 0.493 e. The fourth-order valence-corrected chi connectivity index (χ4v) is 3.87. The average molecular weight is 371 g/mol. The fourth-order valence-electron chi connectivity index (χ4n) is 1.74. The average Bonchev–Trinajstić information content (AvgIpc) is 3.00. The molecule has 2 rings (SSSR count). The number of rotatable bonds is 8. The highest BCUT2D eigenvalue weighted by Crippen LogP contribution is 2.25. The van der Waals surface area contributed by atoms with E-state index in [-0.39, 0.29) is 28.4 Å². The van der Waals surface area contributed by atoms with Crippen LogP contribution >= 0.6 is 11.3 Å². The topological polar surface area (TPSA) is 107 Å². The summed E-state index contributed by atoms with van der Waals surface area (Å²) in [5.41, 5.74) is 0. The third-order valence-electron chi connectivity index (χ3n) is 2.75. The van der Waals surface area contributed by atoms with Crippen molar-refractivity contribution in [3.05, 3.63) is 30.5 Å². The Kier molecular flexibility index (Phi) is 6.12. The van der Waals surface area contributed by atoms with E-state index in [1.54, 1.807) is 18.2 Å². The summed E-state index contributed by atoms with van der Waals surface area (Å²) in [5.74, 6) is 0.791. The molecule has 24 heavy (non-hydrogen) atoms. The molecule has 0 aliphatic carbocycles. The van der Waals surface area contributed by atoms with Gasteiger partial charge in [0.1, 0.15) is 6.61 Å². The summed E-state index contributed by atoms with van der Waals surface area (Å²) in [5, 5.41) is 2.67. The number of benzene rings is 1. The standard InChI is InChI=1S/C14H17N3O5S2/c1-10(18)17-14-15-9-13(23-14)24(19,20)16-7-8-22-12-6-4-3-5-11(12)21-2/h3-6,9,16H,7-8H2,1-2H3,(H,15,17,18). The number of amides is 1. The van der Waals surface area contributed by atoms with Crippen molar-refractivity contribution in [2.75, 3.05) is 25.6 Å². The third kappa shape index (κ3) is 4.91. The molecule has 1 aromatic heterocycles. The van der Waals surface area contributed by atoms with Gasteiger partial charge in [-0.25, -0.2) is 18.1 Å². The lowest BCUT2D eigenvalue weighted by atomic mass is 10.3. The number of carbonyl (C=O) groups is 1. The molecule has 0 aliphatic rings. The zero-order chi connectivity index (χ0) is 17.6. The maximum Gasteiger partial charge on any atom is 0.251 e. The van der Waals surface area contributed by atoms with Crippen LogP contribution in [0.2, 0.25) is 0 Å². The van der Waals surface area contributed by atoms with Crippen molar-refractivity contribution in [1.82, 2.24) is 9.71 Å². The van der Waals surface area contributed by atoms with Gasteiger partial charge in [0.05, 0.1) is 13.3 Å². The van der Waals surface area contributed by atoms with Gasteiger partial charge in [0.2, 0.25) is 5.91 Å². The highest BCUT2D eigenvalue weighted by molar-refractivity contribution is 7.91. The van der Waals surface area contributed by atoms with E-state index in [2.05, 4.69) is 15.0 Å². The van der Waals surface area contributed by atoms with E-state index in [9.17, 15) is 13.2 Å². The van der Waals surface area contributed by atoms with Crippen molar-refractivity contribution in [2.24, 2.45) is 0 Å². The Hall–Kier alpha value is -2.17. The molecule has 2 N–H and O–H groups in total. The number of para-hydroxylation sites is 2. The molecule has 0 saturated heterocycles. The smallest absolute Gasteiger partial charge is 0.251 e. The quantitative estimate of drug-likeness (QED) is 0.681. The van der Waals surface area contributed by atoms with Crippen LogP contribution in [-0.4, -0.2) is 39.6 Å². The van der Waals surface area contributed by atoms with Crippen LogP contribution in [0.3, 0.4) is 0 Å². The number of ether oxygens (including phenoxy) is 2. The van der Waals surface area contributed by atoms with Gasteiger partial charge in [0, 0.05) is 13.5 Å². The van der Waals surface area contributed by atoms with Crippen LogP contribution in [0.15, 0.2) is 34.7 Å². The van der Waals surface area contributed by atoms with Crippen molar-refractivity contribution in [2.45, 2.75) is 11.1 Å². The number of sulfonamides is 1. The SMILES string of the molecule is COc1ccccc1OCCNS(=O)(=O)c1cnc(NC(C)=O)s1. The van der Waals surface area contributed by atoms with E-state index in [4.69, 9.17) is 9.47 Å². The Morgan fingerprint density at radius 1 is 1.29 bits per heavy atom. The Labute approximate surface area is 143 Å². The first kappa shape index (κ1) is 18.2. The van der Waals surface area contributed by atoms with Crippen molar-refractivity contribution >= 4 is 32.4 Å². The predicted molar refractivity (Wildman–Crippen MR) is 90.1 cm³/mol. The maximum absolute atomic E-state index is 12.1. The minimum atomic E-state index is -3.70. The van der Waals surface area contributed by atoms with E-state index < -0.39 is 10.0 Å². The minimum Gasteiger partial charge on any atom is -0.493 e. The Morgan fingerprint density at radius 2 is 2.00 bits per heavy atom. The second-order valence-electron chi connectivity index (χ2n) is 4.56. The first-order valence-corrected chi connectivity index (χ1v) is 9.21. The highest BCUT2D eigenvalue weighted by atomic mass is 32.2. The van der Waals surface area contributed by atoms with Gasteiger partial charge in [-0.3, -0.25) is 4.79 Å². The van der Waals surface area contributed by atoms with Crippen LogP contribution in [0, 0.1) is 0 Å². The Bertz CT molecular complexity index is 804. The highest BCUT2D eigenvalue weighted by Gasteiger charge is 2.18. The normalized spacial score (nSPS) is 11.1. The third-order valence-corrected chi connectivity index (χ3v) is 5.59. The predicted octanol–water partition coefficient (Wildman–Crippen LogP) is 1.47. The summed E-state index contributed by atoms with van der Waals surface area (Å²) in [6.45, 7) is 1.54. The van der Waals surface area contributed by atoms with Gasteiger partial charge >= 0.3 is 0 Å². The van der Waals surface area contributed by atoms with Crippen LogP contribution < -0.4 is 19.5 Å². The number of carbonyl (C=O) groups excluding carboxylic acids is 1. The van der Waals surface area contributed by atoms with Crippen molar-refractivity contribution < 1.29 is 22.7 Å². The first-order chi connectivity index (χ1) is 11.4. The van der Waals surface area contributed by atoms with E-state index in [1.165, 1.54) is 20.2 Å². The number of methoxy groups -OCH3 is 1. The van der Waals surface area contributed by atoms with Crippen LogP contribution in [0.25, 0.3) is 0 Å². The minimum absolute atomic E-state index is 0.0172. The molecule has 0 aliphatic heterocycles. The van der Waals surface area contributed by atoms with E-state index in [1.807, 2.05) is 6.07 Å². The molecule has 10 heteroatoms. The second-order valence-corrected chi connectivity index (χ2v) is 7.59. The number of thiazole rings is 1. The molecule has 0 fully saturated rings. The molecular weight excluding hydrogens is 354 g/mol. The van der Waals surface area contributed by atoms with Gasteiger partial charge in [0.25, 0.3) is 10.0 Å². The first-order valence-electron chi connectivity index (χ1n) is 6.91. The van der Waals surface area contributed by atoms with Crippen LogP contribution in [0.1, 0.15) is 6.92 Å². The Balaban J connectivity index is 1.89. The summed E-state index contributed by atoms with van der Waals surface area (Å²) in [4.78, 5) is 14.8. The number of anilines is 1. The summed E-state index contributed by atoms with van der Waals surface area (Å²) < 4.78 is 37.3. The van der Waals surface area contributed by atoms with E-state index in [0.29, 0.717) is 11.5 Å². The zero-order valence-electron chi connectivity index (χ0n) is 13.1. The summed E-state index contributed by atoms with van der Waals surface area (Å²) in [6, 6.07) is 7.09. The van der Waals surface area contributed by atoms with Crippen molar-refractivity contribution in [3.63, 3.8) is 0 Å². The number of hydrogen-bond donors (Lipinski definition) is 2.